The van der Waals surface area contributed by atoms with E-state index in [4.69, 9.17) is 0 Å². The SMILES string of the molecule is Cc1ccc(/C=N/c2ccc(C)cc2)cc1. The summed E-state index contributed by atoms with van der Waals surface area (Å²) >= 11 is 0. The molecule has 0 aromatic heterocycles. The van der Waals surface area contributed by atoms with Gasteiger partial charge in [-0.3, -0.25) is 4.99 Å². The molecular formula is C15H15N. The molecule has 1 nitrogen and oxygen atoms in total. The average Bonchev–Trinajstić information content (AvgIpc) is 2.30. The Balaban J connectivity index is 2.15. The van der Waals surface area contributed by atoms with Crippen LogP contribution in [0.2, 0.25) is 0 Å². The summed E-state index contributed by atoms with van der Waals surface area (Å²) < 4.78 is 0. The molecule has 2 aromatic rings. The van der Waals surface area contributed by atoms with Crippen molar-refractivity contribution < 1.29 is 0 Å². The molecule has 0 aliphatic rings. The van der Waals surface area contributed by atoms with Crippen LogP contribution in [-0.4, -0.2) is 6.21 Å². The second-order valence-corrected chi connectivity index (χ2v) is 4.00. The van der Waals surface area contributed by atoms with Crippen LogP contribution in [0.15, 0.2) is 53.5 Å². The molecule has 0 fully saturated rings. The van der Waals surface area contributed by atoms with Crippen molar-refractivity contribution in [2.24, 2.45) is 4.99 Å². The fraction of sp³-hybridized carbons (Fsp3) is 0.133. The highest BCUT2D eigenvalue weighted by molar-refractivity contribution is 5.81. The van der Waals surface area contributed by atoms with Crippen molar-refractivity contribution in [3.63, 3.8) is 0 Å². The van der Waals surface area contributed by atoms with Gasteiger partial charge in [0.15, 0.2) is 0 Å². The molecule has 0 saturated heterocycles. The predicted molar refractivity (Wildman–Crippen MR) is 69.6 cm³/mol. The highest BCUT2D eigenvalue weighted by Crippen LogP contribution is 2.12. The number of nitrogens with zero attached hydrogens (tertiary/aromatic N) is 1. The van der Waals surface area contributed by atoms with Crippen LogP contribution in [0.25, 0.3) is 0 Å². The van der Waals surface area contributed by atoms with Crippen molar-refractivity contribution in [3.8, 4) is 0 Å². The van der Waals surface area contributed by atoms with E-state index in [1.54, 1.807) is 0 Å². The zero-order valence-corrected chi connectivity index (χ0v) is 9.64. The van der Waals surface area contributed by atoms with E-state index in [2.05, 4.69) is 55.2 Å². The molecule has 0 unspecified atom stereocenters. The van der Waals surface area contributed by atoms with Gasteiger partial charge in [-0.2, -0.15) is 0 Å². The number of hydrogen-bond acceptors (Lipinski definition) is 1. The number of aliphatic imine (C=N–C) groups is 1. The molecule has 0 spiro atoms. The van der Waals surface area contributed by atoms with Gasteiger partial charge >= 0.3 is 0 Å². The van der Waals surface area contributed by atoms with Crippen LogP contribution in [0.3, 0.4) is 0 Å². The van der Waals surface area contributed by atoms with Gasteiger partial charge in [0.05, 0.1) is 5.69 Å². The summed E-state index contributed by atoms with van der Waals surface area (Å²) in [5.41, 5.74) is 4.65. The van der Waals surface area contributed by atoms with E-state index in [0.717, 1.165) is 11.3 Å². The van der Waals surface area contributed by atoms with Crippen LogP contribution in [0.1, 0.15) is 16.7 Å². The number of hydrogen-bond donors (Lipinski definition) is 0. The summed E-state index contributed by atoms with van der Waals surface area (Å²) in [4.78, 5) is 4.42. The van der Waals surface area contributed by atoms with Crippen molar-refractivity contribution >= 4 is 11.9 Å². The van der Waals surface area contributed by atoms with E-state index in [9.17, 15) is 0 Å². The van der Waals surface area contributed by atoms with E-state index in [1.807, 2.05) is 18.3 Å². The molecule has 0 heterocycles. The lowest BCUT2D eigenvalue weighted by Crippen LogP contribution is -1.80. The second-order valence-electron chi connectivity index (χ2n) is 4.00. The molecule has 0 N–H and O–H groups in total. The van der Waals surface area contributed by atoms with Gasteiger partial charge in [0.1, 0.15) is 0 Å². The van der Waals surface area contributed by atoms with Crippen molar-refractivity contribution in [3.05, 3.63) is 65.2 Å². The van der Waals surface area contributed by atoms with Gasteiger partial charge in [0.2, 0.25) is 0 Å². The molecule has 0 bridgehead atoms. The molecule has 16 heavy (non-hydrogen) atoms. The van der Waals surface area contributed by atoms with Crippen LogP contribution >= 0.6 is 0 Å². The molecule has 0 aliphatic carbocycles. The molecule has 1 heteroatoms. The Kier molecular flexibility index (Phi) is 3.16. The Morgan fingerprint density at radius 1 is 0.750 bits per heavy atom. The minimum Gasteiger partial charge on any atom is -0.256 e. The Bertz CT molecular complexity index is 430. The highest BCUT2D eigenvalue weighted by atomic mass is 14.7. The molecular weight excluding hydrogens is 194 g/mol. The first-order chi connectivity index (χ1) is 7.74. The lowest BCUT2D eigenvalue weighted by atomic mass is 10.2. The van der Waals surface area contributed by atoms with E-state index < -0.39 is 0 Å². The summed E-state index contributed by atoms with van der Waals surface area (Å²) in [5, 5.41) is 0. The average molecular weight is 209 g/mol. The lowest BCUT2D eigenvalue weighted by Gasteiger charge is -1.96. The molecule has 0 atom stereocenters. The summed E-state index contributed by atoms with van der Waals surface area (Å²) in [7, 11) is 0. The maximum atomic E-state index is 4.42. The normalized spacial score (nSPS) is 10.9. The summed E-state index contributed by atoms with van der Waals surface area (Å²) in [5.74, 6) is 0. The first-order valence-electron chi connectivity index (χ1n) is 5.41. The van der Waals surface area contributed by atoms with Crippen LogP contribution in [0, 0.1) is 13.8 Å². The van der Waals surface area contributed by atoms with Gasteiger partial charge < -0.3 is 0 Å². The van der Waals surface area contributed by atoms with Gasteiger partial charge in [0, 0.05) is 6.21 Å². The van der Waals surface area contributed by atoms with Crippen LogP contribution in [-0.2, 0) is 0 Å². The number of benzene rings is 2. The largest absolute Gasteiger partial charge is 0.256 e. The summed E-state index contributed by atoms with van der Waals surface area (Å²) in [6, 6.07) is 16.5. The molecule has 2 aromatic carbocycles. The van der Waals surface area contributed by atoms with E-state index >= 15 is 0 Å². The highest BCUT2D eigenvalue weighted by Gasteiger charge is 1.89. The van der Waals surface area contributed by atoms with Crippen molar-refractivity contribution in [1.29, 1.82) is 0 Å². The third kappa shape index (κ3) is 2.80. The van der Waals surface area contributed by atoms with Gasteiger partial charge in [-0.25, -0.2) is 0 Å². The first kappa shape index (κ1) is 10.6. The van der Waals surface area contributed by atoms with Gasteiger partial charge in [-0.1, -0.05) is 47.5 Å². The molecule has 0 aliphatic heterocycles. The zero-order valence-electron chi connectivity index (χ0n) is 9.64. The number of rotatable bonds is 2. The third-order valence-electron chi connectivity index (χ3n) is 2.47. The maximum absolute atomic E-state index is 4.42. The molecule has 0 amide bonds. The van der Waals surface area contributed by atoms with E-state index in [-0.39, 0.29) is 0 Å². The van der Waals surface area contributed by atoms with Crippen molar-refractivity contribution in [2.75, 3.05) is 0 Å². The Hall–Kier alpha value is -1.89. The van der Waals surface area contributed by atoms with E-state index in [1.165, 1.54) is 11.1 Å². The monoisotopic (exact) mass is 209 g/mol. The third-order valence-corrected chi connectivity index (χ3v) is 2.47. The summed E-state index contributed by atoms with van der Waals surface area (Å²) in [6.07, 6.45) is 1.89. The Morgan fingerprint density at radius 3 is 1.81 bits per heavy atom. The van der Waals surface area contributed by atoms with E-state index in [0.29, 0.717) is 0 Å². The molecule has 0 radical (unpaired) electrons. The quantitative estimate of drug-likeness (QED) is 0.661. The molecule has 2 rings (SSSR count). The predicted octanol–water partition coefficient (Wildman–Crippen LogP) is 4.05. The smallest absolute Gasteiger partial charge is 0.0630 e. The second kappa shape index (κ2) is 4.75. The number of aryl methyl sites for hydroxylation is 2. The van der Waals surface area contributed by atoms with Crippen molar-refractivity contribution in [2.45, 2.75) is 13.8 Å². The van der Waals surface area contributed by atoms with Crippen LogP contribution in [0.4, 0.5) is 5.69 Å². The Labute approximate surface area is 96.5 Å². The first-order valence-corrected chi connectivity index (χ1v) is 5.41. The Morgan fingerprint density at radius 2 is 1.25 bits per heavy atom. The lowest BCUT2D eigenvalue weighted by molar-refractivity contribution is 1.43. The van der Waals surface area contributed by atoms with Crippen LogP contribution < -0.4 is 0 Å². The van der Waals surface area contributed by atoms with Gasteiger partial charge in [0.25, 0.3) is 0 Å². The fourth-order valence-corrected chi connectivity index (χ4v) is 1.43. The van der Waals surface area contributed by atoms with Gasteiger partial charge in [-0.05, 0) is 31.5 Å². The molecule has 80 valence electrons. The topological polar surface area (TPSA) is 12.4 Å². The fourth-order valence-electron chi connectivity index (χ4n) is 1.43. The van der Waals surface area contributed by atoms with Gasteiger partial charge in [-0.15, -0.1) is 0 Å². The standard InChI is InChI=1S/C15H15N/c1-12-3-7-14(8-4-12)11-16-15-9-5-13(2)6-10-15/h3-11H,1-2H3/b16-11+. The maximum Gasteiger partial charge on any atom is 0.0630 e. The minimum atomic E-state index is 0.992. The molecule has 0 saturated carbocycles. The zero-order chi connectivity index (χ0) is 11.4. The summed E-state index contributed by atoms with van der Waals surface area (Å²) in [6.45, 7) is 4.16. The van der Waals surface area contributed by atoms with Crippen LogP contribution in [0.5, 0.6) is 0 Å². The minimum absolute atomic E-state index is 0.992. The van der Waals surface area contributed by atoms with Crippen molar-refractivity contribution in [1.82, 2.24) is 0 Å².